The molecule has 21 heavy (non-hydrogen) atoms. The van der Waals surface area contributed by atoms with Gasteiger partial charge in [0.05, 0.1) is 27.3 Å². The molecule has 1 aliphatic heterocycles. The number of piperidine rings is 1. The third-order valence-electron chi connectivity index (χ3n) is 3.60. The smallest absolute Gasteiger partial charge is 0.238 e. The fourth-order valence-electron chi connectivity index (χ4n) is 2.93. The zero-order valence-corrected chi connectivity index (χ0v) is 14.4. The van der Waals surface area contributed by atoms with Crippen molar-refractivity contribution >= 4 is 46.4 Å². The first kappa shape index (κ1) is 16.9. The van der Waals surface area contributed by atoms with Crippen LogP contribution in [0.2, 0.25) is 15.1 Å². The number of nitrogens with one attached hydrogen (secondary N) is 1. The molecule has 0 spiro atoms. The number of benzene rings is 1. The molecule has 116 valence electrons. The molecule has 2 rings (SSSR count). The Labute approximate surface area is 140 Å². The van der Waals surface area contributed by atoms with Gasteiger partial charge in [-0.25, -0.2) is 0 Å². The summed E-state index contributed by atoms with van der Waals surface area (Å²) < 4.78 is 0. The van der Waals surface area contributed by atoms with E-state index < -0.39 is 0 Å². The van der Waals surface area contributed by atoms with Crippen LogP contribution in [0.15, 0.2) is 12.1 Å². The Morgan fingerprint density at radius 2 is 1.71 bits per heavy atom. The molecule has 1 aromatic carbocycles. The summed E-state index contributed by atoms with van der Waals surface area (Å²) in [6, 6.07) is 3.11. The van der Waals surface area contributed by atoms with E-state index in [0.717, 1.165) is 13.1 Å². The quantitative estimate of drug-likeness (QED) is 0.811. The van der Waals surface area contributed by atoms with Gasteiger partial charge in [0, 0.05) is 13.1 Å². The summed E-state index contributed by atoms with van der Waals surface area (Å²) >= 11 is 17.9. The number of carbonyl (C=O) groups excluding carboxylic acids is 1. The van der Waals surface area contributed by atoms with E-state index in [1.807, 2.05) is 0 Å². The number of amides is 1. The summed E-state index contributed by atoms with van der Waals surface area (Å²) in [6.45, 7) is 6.71. The van der Waals surface area contributed by atoms with Crippen LogP contribution >= 0.6 is 34.8 Å². The number of anilines is 1. The molecular formula is C15H19Cl3N2O. The summed E-state index contributed by atoms with van der Waals surface area (Å²) in [7, 11) is 0. The van der Waals surface area contributed by atoms with Crippen molar-refractivity contribution in [1.29, 1.82) is 0 Å². The molecule has 0 bridgehead atoms. The highest BCUT2D eigenvalue weighted by Gasteiger charge is 2.23. The van der Waals surface area contributed by atoms with Crippen LogP contribution in [0.5, 0.6) is 0 Å². The summed E-state index contributed by atoms with van der Waals surface area (Å²) in [5.41, 5.74) is 0.495. The van der Waals surface area contributed by atoms with E-state index in [9.17, 15) is 4.79 Å². The van der Waals surface area contributed by atoms with Crippen molar-refractivity contribution in [2.24, 2.45) is 11.8 Å². The van der Waals surface area contributed by atoms with Gasteiger partial charge in [-0.3, -0.25) is 9.69 Å². The highest BCUT2D eigenvalue weighted by Crippen LogP contribution is 2.32. The highest BCUT2D eigenvalue weighted by atomic mass is 35.5. The number of hydrogen-bond donors (Lipinski definition) is 1. The molecule has 1 saturated heterocycles. The minimum absolute atomic E-state index is 0.0865. The lowest BCUT2D eigenvalue weighted by atomic mass is 9.92. The second-order valence-electron chi connectivity index (χ2n) is 5.93. The molecule has 1 N–H and O–H groups in total. The van der Waals surface area contributed by atoms with E-state index >= 15 is 0 Å². The van der Waals surface area contributed by atoms with Gasteiger partial charge >= 0.3 is 0 Å². The maximum absolute atomic E-state index is 12.2. The number of rotatable bonds is 3. The van der Waals surface area contributed by atoms with Crippen LogP contribution in [0.3, 0.4) is 0 Å². The first-order valence-corrected chi connectivity index (χ1v) is 8.15. The van der Waals surface area contributed by atoms with E-state index in [2.05, 4.69) is 24.1 Å². The van der Waals surface area contributed by atoms with Gasteiger partial charge in [-0.1, -0.05) is 48.7 Å². The van der Waals surface area contributed by atoms with Gasteiger partial charge in [-0.15, -0.1) is 0 Å². The van der Waals surface area contributed by atoms with Gasteiger partial charge in [0.15, 0.2) is 0 Å². The lowest BCUT2D eigenvalue weighted by molar-refractivity contribution is -0.117. The van der Waals surface area contributed by atoms with Crippen molar-refractivity contribution < 1.29 is 4.79 Å². The van der Waals surface area contributed by atoms with Crippen molar-refractivity contribution in [3.63, 3.8) is 0 Å². The predicted octanol–water partition coefficient (Wildman–Crippen LogP) is 4.56. The average Bonchev–Trinajstić information content (AvgIpc) is 2.34. The topological polar surface area (TPSA) is 32.3 Å². The molecule has 0 radical (unpaired) electrons. The molecule has 1 heterocycles. The Morgan fingerprint density at radius 1 is 1.14 bits per heavy atom. The van der Waals surface area contributed by atoms with Crippen molar-refractivity contribution in [3.8, 4) is 0 Å². The minimum Gasteiger partial charge on any atom is -0.324 e. The van der Waals surface area contributed by atoms with Gasteiger partial charge in [0.25, 0.3) is 0 Å². The molecular weight excluding hydrogens is 331 g/mol. The molecule has 1 amide bonds. The number of likely N-dealkylation sites (tertiary alicyclic amines) is 1. The van der Waals surface area contributed by atoms with Crippen LogP contribution < -0.4 is 5.32 Å². The van der Waals surface area contributed by atoms with E-state index in [1.165, 1.54) is 12.5 Å². The normalized spacial score (nSPS) is 23.1. The van der Waals surface area contributed by atoms with Gasteiger partial charge in [-0.2, -0.15) is 0 Å². The maximum Gasteiger partial charge on any atom is 0.238 e. The van der Waals surface area contributed by atoms with Crippen LogP contribution in [0.25, 0.3) is 0 Å². The van der Waals surface area contributed by atoms with Crippen molar-refractivity contribution in [2.75, 3.05) is 25.0 Å². The molecule has 1 aliphatic rings. The largest absolute Gasteiger partial charge is 0.324 e. The van der Waals surface area contributed by atoms with Crippen LogP contribution in [-0.4, -0.2) is 30.4 Å². The molecule has 6 heteroatoms. The Balaban J connectivity index is 1.97. The van der Waals surface area contributed by atoms with Crippen LogP contribution in [0.1, 0.15) is 20.3 Å². The predicted molar refractivity (Wildman–Crippen MR) is 89.5 cm³/mol. The second-order valence-corrected chi connectivity index (χ2v) is 7.16. The van der Waals surface area contributed by atoms with Crippen molar-refractivity contribution in [3.05, 3.63) is 27.2 Å². The van der Waals surface area contributed by atoms with Gasteiger partial charge in [-0.05, 0) is 30.4 Å². The number of halogens is 3. The second kappa shape index (κ2) is 7.19. The molecule has 1 aromatic rings. The lowest BCUT2D eigenvalue weighted by Crippen LogP contribution is -2.42. The molecule has 3 nitrogen and oxygen atoms in total. The molecule has 1 fully saturated rings. The Kier molecular flexibility index (Phi) is 5.78. The molecule has 0 unspecified atom stereocenters. The van der Waals surface area contributed by atoms with Gasteiger partial charge in [0.1, 0.15) is 0 Å². The van der Waals surface area contributed by atoms with E-state index in [4.69, 9.17) is 34.8 Å². The summed E-state index contributed by atoms with van der Waals surface area (Å²) in [6.07, 6.45) is 1.22. The van der Waals surface area contributed by atoms with Crippen LogP contribution in [0.4, 0.5) is 5.69 Å². The average molecular weight is 350 g/mol. The standard InChI is InChI=1S/C15H19Cl3N2O/c1-9-3-10(2)7-20(6-9)8-15(21)19-14-5-12(17)11(16)4-13(14)18/h4-5,9-10H,3,6-8H2,1-2H3,(H,19,21)/t9-,10-/m1/s1. The van der Waals surface area contributed by atoms with E-state index in [0.29, 0.717) is 39.1 Å². The monoisotopic (exact) mass is 348 g/mol. The number of hydrogen-bond acceptors (Lipinski definition) is 2. The number of nitrogens with zero attached hydrogens (tertiary/aromatic N) is 1. The Morgan fingerprint density at radius 3 is 2.33 bits per heavy atom. The molecule has 0 saturated carbocycles. The fourth-order valence-corrected chi connectivity index (χ4v) is 3.53. The Bertz CT molecular complexity index is 526. The first-order valence-electron chi connectivity index (χ1n) is 7.02. The molecule has 2 atom stereocenters. The highest BCUT2D eigenvalue weighted by molar-refractivity contribution is 6.44. The summed E-state index contributed by atoms with van der Waals surface area (Å²) in [5.74, 6) is 1.15. The first-order chi connectivity index (χ1) is 9.85. The SMILES string of the molecule is C[C@@H]1C[C@@H](C)CN(CC(=O)Nc2cc(Cl)c(Cl)cc2Cl)C1. The van der Waals surface area contributed by atoms with Gasteiger partial charge in [0.2, 0.25) is 5.91 Å². The third kappa shape index (κ3) is 4.75. The summed E-state index contributed by atoms with van der Waals surface area (Å²) in [5, 5.41) is 3.93. The Hall–Kier alpha value is -0.480. The maximum atomic E-state index is 12.2. The minimum atomic E-state index is -0.0865. The molecule has 0 aromatic heterocycles. The summed E-state index contributed by atoms with van der Waals surface area (Å²) in [4.78, 5) is 14.3. The van der Waals surface area contributed by atoms with Crippen molar-refractivity contribution in [2.45, 2.75) is 20.3 Å². The number of carbonyl (C=O) groups is 1. The third-order valence-corrected chi connectivity index (χ3v) is 4.63. The van der Waals surface area contributed by atoms with Crippen molar-refractivity contribution in [1.82, 2.24) is 4.90 Å². The van der Waals surface area contributed by atoms with E-state index in [1.54, 1.807) is 6.07 Å². The fraction of sp³-hybridized carbons (Fsp3) is 0.533. The zero-order chi connectivity index (χ0) is 15.6. The van der Waals surface area contributed by atoms with Crippen LogP contribution in [0, 0.1) is 11.8 Å². The van der Waals surface area contributed by atoms with E-state index in [-0.39, 0.29) is 5.91 Å². The zero-order valence-electron chi connectivity index (χ0n) is 12.1. The molecule has 0 aliphatic carbocycles. The lowest BCUT2D eigenvalue weighted by Gasteiger charge is -2.34. The van der Waals surface area contributed by atoms with Gasteiger partial charge < -0.3 is 5.32 Å². The van der Waals surface area contributed by atoms with Crippen LogP contribution in [-0.2, 0) is 4.79 Å².